The molecule has 126 valence electrons. The summed E-state index contributed by atoms with van der Waals surface area (Å²) in [6.45, 7) is -0.131. The van der Waals surface area contributed by atoms with Crippen molar-refractivity contribution in [1.82, 2.24) is 4.90 Å². The molecule has 4 aromatic rings. The predicted octanol–water partition coefficient (Wildman–Crippen LogP) is 3.34. The summed E-state index contributed by atoms with van der Waals surface area (Å²) in [4.78, 5) is 38.4. The van der Waals surface area contributed by atoms with Gasteiger partial charge in [-0.25, -0.2) is 4.79 Å². The number of benzene rings is 2. The third kappa shape index (κ3) is 2.02. The third-order valence-electron chi connectivity index (χ3n) is 4.59. The average molecular weight is 345 g/mol. The molecule has 1 aliphatic rings. The lowest BCUT2D eigenvalue weighted by atomic mass is 10.1. The van der Waals surface area contributed by atoms with Crippen LogP contribution in [0.25, 0.3) is 21.9 Å². The maximum absolute atomic E-state index is 12.5. The molecule has 6 heteroatoms. The standard InChI is InChI=1S/C20H11NO5/c22-18-14-3-1-2-4-15(14)19(23)21(18)10-13-8-12-7-11-5-6-25-16(11)9-17(12)26-20(13)24/h1-9H,10H2. The number of carbonyl (C=O) groups excluding carboxylic acids is 2. The maximum Gasteiger partial charge on any atom is 0.341 e. The van der Waals surface area contributed by atoms with E-state index >= 15 is 0 Å². The Bertz CT molecular complexity index is 1250. The molecule has 0 aliphatic carbocycles. The monoisotopic (exact) mass is 345 g/mol. The topological polar surface area (TPSA) is 80.7 Å². The van der Waals surface area contributed by atoms with Crippen LogP contribution in [0, 0.1) is 0 Å². The normalized spacial score (nSPS) is 13.8. The van der Waals surface area contributed by atoms with Crippen LogP contribution >= 0.6 is 0 Å². The Kier molecular flexibility index (Phi) is 2.91. The van der Waals surface area contributed by atoms with E-state index in [2.05, 4.69) is 0 Å². The van der Waals surface area contributed by atoms with Crippen LogP contribution in [0.1, 0.15) is 26.3 Å². The van der Waals surface area contributed by atoms with E-state index in [0.717, 1.165) is 10.3 Å². The summed E-state index contributed by atoms with van der Waals surface area (Å²) < 4.78 is 10.7. The third-order valence-corrected chi connectivity index (χ3v) is 4.59. The highest BCUT2D eigenvalue weighted by atomic mass is 16.4. The van der Waals surface area contributed by atoms with Crippen LogP contribution in [0.15, 0.2) is 68.4 Å². The lowest BCUT2D eigenvalue weighted by Gasteiger charge is -2.13. The second-order valence-electron chi connectivity index (χ2n) is 6.15. The highest BCUT2D eigenvalue weighted by Gasteiger charge is 2.35. The predicted molar refractivity (Wildman–Crippen MR) is 92.9 cm³/mol. The van der Waals surface area contributed by atoms with Crippen LogP contribution in [-0.2, 0) is 6.54 Å². The van der Waals surface area contributed by atoms with Crippen molar-refractivity contribution in [3.63, 3.8) is 0 Å². The molecule has 1 aliphatic heterocycles. The van der Waals surface area contributed by atoms with Gasteiger partial charge >= 0.3 is 5.63 Å². The largest absolute Gasteiger partial charge is 0.464 e. The minimum absolute atomic E-state index is 0.131. The zero-order valence-corrected chi connectivity index (χ0v) is 13.4. The van der Waals surface area contributed by atoms with Gasteiger partial charge in [-0.1, -0.05) is 12.1 Å². The van der Waals surface area contributed by atoms with E-state index in [1.54, 1.807) is 42.7 Å². The van der Waals surface area contributed by atoms with E-state index in [0.29, 0.717) is 27.7 Å². The Morgan fingerprint density at radius 1 is 0.808 bits per heavy atom. The molecule has 2 aromatic carbocycles. The molecule has 3 heterocycles. The second-order valence-corrected chi connectivity index (χ2v) is 6.15. The molecule has 0 spiro atoms. The molecular weight excluding hydrogens is 334 g/mol. The van der Waals surface area contributed by atoms with E-state index < -0.39 is 17.4 Å². The lowest BCUT2D eigenvalue weighted by Crippen LogP contribution is -2.31. The Hall–Kier alpha value is -3.67. The Morgan fingerprint density at radius 3 is 2.27 bits per heavy atom. The number of rotatable bonds is 2. The van der Waals surface area contributed by atoms with Crippen LogP contribution < -0.4 is 5.63 Å². The molecule has 0 N–H and O–H groups in total. The molecular formula is C20H11NO5. The van der Waals surface area contributed by atoms with E-state index in [9.17, 15) is 14.4 Å². The molecule has 0 radical (unpaired) electrons. The number of amides is 2. The van der Waals surface area contributed by atoms with Gasteiger partial charge in [-0.2, -0.15) is 0 Å². The first-order valence-electron chi connectivity index (χ1n) is 8.01. The zero-order valence-electron chi connectivity index (χ0n) is 13.4. The van der Waals surface area contributed by atoms with Gasteiger partial charge in [0.05, 0.1) is 29.5 Å². The number of hydrogen-bond donors (Lipinski definition) is 0. The highest BCUT2D eigenvalue weighted by Crippen LogP contribution is 2.26. The number of hydrogen-bond acceptors (Lipinski definition) is 5. The average Bonchev–Trinajstić information content (AvgIpc) is 3.19. The SMILES string of the molecule is O=C1c2ccccc2C(=O)N1Cc1cc2cc3ccoc3cc2oc1=O. The van der Waals surface area contributed by atoms with Gasteiger partial charge < -0.3 is 8.83 Å². The number of carbonyl (C=O) groups is 2. The van der Waals surface area contributed by atoms with Gasteiger partial charge in [-0.3, -0.25) is 14.5 Å². The molecule has 5 rings (SSSR count). The minimum atomic E-state index is -0.583. The molecule has 26 heavy (non-hydrogen) atoms. The molecule has 0 atom stereocenters. The van der Waals surface area contributed by atoms with Crippen molar-refractivity contribution in [2.75, 3.05) is 0 Å². The first kappa shape index (κ1) is 14.7. The Labute approximate surface area is 146 Å². The van der Waals surface area contributed by atoms with Crippen molar-refractivity contribution >= 4 is 33.8 Å². The fraction of sp³-hybridized carbons (Fsp3) is 0.0500. The van der Waals surface area contributed by atoms with Crippen molar-refractivity contribution in [2.24, 2.45) is 0 Å². The van der Waals surface area contributed by atoms with Gasteiger partial charge in [0, 0.05) is 16.8 Å². The molecule has 0 saturated heterocycles. The van der Waals surface area contributed by atoms with Gasteiger partial charge in [0.25, 0.3) is 11.8 Å². The van der Waals surface area contributed by atoms with Crippen LogP contribution in [0.2, 0.25) is 0 Å². The molecule has 2 aromatic heterocycles. The molecule has 2 amide bonds. The summed E-state index contributed by atoms with van der Waals surface area (Å²) in [6.07, 6.45) is 1.56. The fourth-order valence-corrected chi connectivity index (χ4v) is 3.28. The van der Waals surface area contributed by atoms with Crippen molar-refractivity contribution in [2.45, 2.75) is 6.54 Å². The number of imide groups is 1. The summed E-state index contributed by atoms with van der Waals surface area (Å²) in [5.41, 5.74) is 1.37. The second kappa shape index (κ2) is 5.16. The smallest absolute Gasteiger partial charge is 0.341 e. The number of nitrogens with zero attached hydrogens (tertiary/aromatic N) is 1. The van der Waals surface area contributed by atoms with Crippen molar-refractivity contribution in [3.8, 4) is 0 Å². The van der Waals surface area contributed by atoms with E-state index in [4.69, 9.17) is 8.83 Å². The van der Waals surface area contributed by atoms with Gasteiger partial charge in [0.15, 0.2) is 0 Å². The van der Waals surface area contributed by atoms with E-state index in [-0.39, 0.29) is 12.1 Å². The summed E-state index contributed by atoms with van der Waals surface area (Å²) >= 11 is 0. The van der Waals surface area contributed by atoms with Gasteiger partial charge in [0.2, 0.25) is 0 Å². The van der Waals surface area contributed by atoms with Crippen molar-refractivity contribution in [1.29, 1.82) is 0 Å². The quantitative estimate of drug-likeness (QED) is 0.411. The van der Waals surface area contributed by atoms with Crippen LogP contribution in [-0.4, -0.2) is 16.7 Å². The summed E-state index contributed by atoms with van der Waals surface area (Å²) in [7, 11) is 0. The van der Waals surface area contributed by atoms with Gasteiger partial charge in [0.1, 0.15) is 11.2 Å². The van der Waals surface area contributed by atoms with Crippen LogP contribution in [0.4, 0.5) is 0 Å². The fourth-order valence-electron chi connectivity index (χ4n) is 3.28. The molecule has 0 bridgehead atoms. The van der Waals surface area contributed by atoms with Crippen molar-refractivity contribution in [3.05, 3.63) is 81.9 Å². The summed E-state index contributed by atoms with van der Waals surface area (Å²) in [6, 6.07) is 13.6. The van der Waals surface area contributed by atoms with Gasteiger partial charge in [-0.15, -0.1) is 0 Å². The molecule has 0 unspecified atom stereocenters. The minimum Gasteiger partial charge on any atom is -0.464 e. The Balaban J connectivity index is 1.58. The van der Waals surface area contributed by atoms with Crippen LogP contribution in [0.5, 0.6) is 0 Å². The molecule has 6 nitrogen and oxygen atoms in total. The number of furan rings is 1. The van der Waals surface area contributed by atoms with E-state index in [1.165, 1.54) is 0 Å². The number of fused-ring (bicyclic) bond motifs is 3. The van der Waals surface area contributed by atoms with Gasteiger partial charge in [-0.05, 0) is 30.3 Å². The van der Waals surface area contributed by atoms with Crippen LogP contribution in [0.3, 0.4) is 0 Å². The lowest BCUT2D eigenvalue weighted by molar-refractivity contribution is 0.0641. The zero-order chi connectivity index (χ0) is 17.8. The first-order chi connectivity index (χ1) is 12.6. The van der Waals surface area contributed by atoms with E-state index in [1.807, 2.05) is 12.1 Å². The summed E-state index contributed by atoms with van der Waals surface area (Å²) in [5, 5.41) is 1.57. The molecule has 0 saturated carbocycles. The maximum atomic E-state index is 12.5. The molecule has 0 fully saturated rings. The highest BCUT2D eigenvalue weighted by molar-refractivity contribution is 6.21. The van der Waals surface area contributed by atoms with Crippen molar-refractivity contribution < 1.29 is 18.4 Å². The Morgan fingerprint density at radius 2 is 1.54 bits per heavy atom. The summed E-state index contributed by atoms with van der Waals surface area (Å²) in [5.74, 6) is -0.814. The first-order valence-corrected chi connectivity index (χ1v) is 8.01.